The molecule has 118 valence electrons. The average molecular weight is 308 g/mol. The van der Waals surface area contributed by atoms with Gasteiger partial charge in [-0.05, 0) is 37.5 Å². The van der Waals surface area contributed by atoms with Crippen molar-refractivity contribution in [3.8, 4) is 0 Å². The van der Waals surface area contributed by atoms with E-state index in [1.807, 2.05) is 0 Å². The fraction of sp³-hybridized carbons (Fsp3) is 0.765. The quantitative estimate of drug-likeness (QED) is 0.740. The van der Waals surface area contributed by atoms with Gasteiger partial charge < -0.3 is 4.90 Å². The van der Waals surface area contributed by atoms with Gasteiger partial charge in [-0.1, -0.05) is 27.7 Å². The predicted molar refractivity (Wildman–Crippen MR) is 90.5 cm³/mol. The number of Topliss-reactive ketones (excluding diaryl/α,β-unsaturated/α-hetero) is 1. The third-order valence-electron chi connectivity index (χ3n) is 3.98. The number of carbonyl (C=O) groups is 1. The van der Waals surface area contributed by atoms with Gasteiger partial charge in [0.25, 0.3) is 0 Å². The van der Waals surface area contributed by atoms with Crippen LogP contribution in [0.3, 0.4) is 0 Å². The summed E-state index contributed by atoms with van der Waals surface area (Å²) in [6, 6.07) is 0. The standard InChI is InChI=1S/C17H28N2OS/c1-12(2)8-10-19(11-9-13(3)4)17-18-16-14(20)6-5-7-15(16)21-17/h12-13H,5-11H2,1-4H3. The van der Waals surface area contributed by atoms with Crippen molar-refractivity contribution in [2.75, 3.05) is 18.0 Å². The minimum absolute atomic E-state index is 0.242. The van der Waals surface area contributed by atoms with E-state index in [0.717, 1.165) is 36.8 Å². The lowest BCUT2D eigenvalue weighted by atomic mass is 10.0. The molecule has 21 heavy (non-hydrogen) atoms. The second-order valence-electron chi connectivity index (χ2n) is 6.90. The first-order valence-electron chi connectivity index (χ1n) is 8.25. The zero-order valence-electron chi connectivity index (χ0n) is 13.8. The topological polar surface area (TPSA) is 33.2 Å². The maximum Gasteiger partial charge on any atom is 0.186 e. The molecule has 1 aromatic heterocycles. The molecule has 0 unspecified atom stereocenters. The van der Waals surface area contributed by atoms with E-state index in [0.29, 0.717) is 18.3 Å². The van der Waals surface area contributed by atoms with Gasteiger partial charge in [-0.15, -0.1) is 11.3 Å². The van der Waals surface area contributed by atoms with Crippen molar-refractivity contribution in [3.05, 3.63) is 10.6 Å². The Morgan fingerprint density at radius 1 is 1.10 bits per heavy atom. The Balaban J connectivity index is 2.13. The molecule has 2 rings (SSSR count). The van der Waals surface area contributed by atoms with E-state index in [4.69, 9.17) is 0 Å². The van der Waals surface area contributed by atoms with Crippen LogP contribution in [0.25, 0.3) is 0 Å². The van der Waals surface area contributed by atoms with Gasteiger partial charge >= 0.3 is 0 Å². The zero-order valence-corrected chi connectivity index (χ0v) is 14.6. The molecule has 0 saturated carbocycles. The highest BCUT2D eigenvalue weighted by atomic mass is 32.1. The van der Waals surface area contributed by atoms with Crippen molar-refractivity contribution in [2.45, 2.75) is 59.8 Å². The van der Waals surface area contributed by atoms with E-state index < -0.39 is 0 Å². The van der Waals surface area contributed by atoms with E-state index in [-0.39, 0.29) is 5.78 Å². The number of nitrogens with zero attached hydrogens (tertiary/aromatic N) is 2. The third-order valence-corrected chi connectivity index (χ3v) is 5.16. The number of hydrogen-bond donors (Lipinski definition) is 0. The van der Waals surface area contributed by atoms with E-state index in [9.17, 15) is 4.79 Å². The number of hydrogen-bond acceptors (Lipinski definition) is 4. The van der Waals surface area contributed by atoms with Crippen LogP contribution >= 0.6 is 11.3 Å². The summed E-state index contributed by atoms with van der Waals surface area (Å²) < 4.78 is 0. The van der Waals surface area contributed by atoms with Crippen LogP contribution in [0.15, 0.2) is 0 Å². The third kappa shape index (κ3) is 4.53. The van der Waals surface area contributed by atoms with Crippen LogP contribution in [0, 0.1) is 11.8 Å². The molecular formula is C17H28N2OS. The Labute approximate surface area is 132 Å². The number of anilines is 1. The van der Waals surface area contributed by atoms with Gasteiger partial charge in [0.2, 0.25) is 0 Å². The van der Waals surface area contributed by atoms with Gasteiger partial charge in [-0.2, -0.15) is 0 Å². The van der Waals surface area contributed by atoms with Gasteiger partial charge in [0.15, 0.2) is 10.9 Å². The summed E-state index contributed by atoms with van der Waals surface area (Å²) in [5.74, 6) is 1.64. The Morgan fingerprint density at radius 3 is 2.24 bits per heavy atom. The number of aryl methyl sites for hydroxylation is 1. The molecule has 1 aliphatic carbocycles. The molecule has 0 atom stereocenters. The van der Waals surface area contributed by atoms with Crippen molar-refractivity contribution < 1.29 is 4.79 Å². The van der Waals surface area contributed by atoms with Crippen molar-refractivity contribution in [1.29, 1.82) is 0 Å². The summed E-state index contributed by atoms with van der Waals surface area (Å²) in [6.07, 6.45) is 5.05. The van der Waals surface area contributed by atoms with Gasteiger partial charge in [-0.25, -0.2) is 4.98 Å². The Hall–Kier alpha value is -0.900. The normalized spacial score (nSPS) is 14.9. The molecular weight excluding hydrogens is 280 g/mol. The average Bonchev–Trinajstić information content (AvgIpc) is 2.83. The number of thiazole rings is 1. The lowest BCUT2D eigenvalue weighted by Crippen LogP contribution is -2.27. The smallest absolute Gasteiger partial charge is 0.186 e. The highest BCUT2D eigenvalue weighted by molar-refractivity contribution is 7.16. The molecule has 3 nitrogen and oxygen atoms in total. The summed E-state index contributed by atoms with van der Waals surface area (Å²) in [4.78, 5) is 20.3. The SMILES string of the molecule is CC(C)CCN(CCC(C)C)c1nc2c(s1)CCCC2=O. The monoisotopic (exact) mass is 308 g/mol. The Kier molecular flexibility index (Phi) is 5.80. The summed E-state index contributed by atoms with van der Waals surface area (Å²) in [6.45, 7) is 11.1. The number of carbonyl (C=O) groups excluding carboxylic acids is 1. The Bertz CT molecular complexity index is 467. The molecule has 1 aromatic rings. The summed E-state index contributed by atoms with van der Waals surface area (Å²) in [5.41, 5.74) is 0.764. The van der Waals surface area contributed by atoms with Crippen LogP contribution in [0.1, 0.15) is 68.7 Å². The van der Waals surface area contributed by atoms with Crippen LogP contribution in [0.2, 0.25) is 0 Å². The lowest BCUT2D eigenvalue weighted by Gasteiger charge is -2.23. The van der Waals surface area contributed by atoms with Gasteiger partial charge in [0.1, 0.15) is 5.69 Å². The fourth-order valence-corrected chi connectivity index (χ4v) is 3.69. The van der Waals surface area contributed by atoms with Crippen LogP contribution in [-0.4, -0.2) is 23.9 Å². The second-order valence-corrected chi connectivity index (χ2v) is 7.96. The molecule has 0 saturated heterocycles. The highest BCUT2D eigenvalue weighted by Crippen LogP contribution is 2.32. The van der Waals surface area contributed by atoms with Crippen LogP contribution in [0.4, 0.5) is 5.13 Å². The van der Waals surface area contributed by atoms with Crippen molar-refractivity contribution >= 4 is 22.3 Å². The first kappa shape index (κ1) is 16.5. The Morgan fingerprint density at radius 2 is 1.71 bits per heavy atom. The molecule has 1 heterocycles. The van der Waals surface area contributed by atoms with E-state index >= 15 is 0 Å². The molecule has 0 spiro atoms. The van der Waals surface area contributed by atoms with E-state index in [1.54, 1.807) is 11.3 Å². The predicted octanol–water partition coefficient (Wildman–Crippen LogP) is 4.56. The highest BCUT2D eigenvalue weighted by Gasteiger charge is 2.24. The maximum absolute atomic E-state index is 12.0. The van der Waals surface area contributed by atoms with Crippen LogP contribution in [0.5, 0.6) is 0 Å². The largest absolute Gasteiger partial charge is 0.348 e. The molecule has 0 amide bonds. The van der Waals surface area contributed by atoms with E-state index in [1.165, 1.54) is 17.7 Å². The lowest BCUT2D eigenvalue weighted by molar-refractivity contribution is 0.0968. The molecule has 1 aliphatic rings. The van der Waals surface area contributed by atoms with Gasteiger partial charge in [0, 0.05) is 24.4 Å². The van der Waals surface area contributed by atoms with Crippen molar-refractivity contribution in [3.63, 3.8) is 0 Å². The van der Waals surface area contributed by atoms with Crippen LogP contribution in [-0.2, 0) is 6.42 Å². The number of rotatable bonds is 7. The summed E-state index contributed by atoms with van der Waals surface area (Å²) in [5, 5.41) is 1.07. The molecule has 0 N–H and O–H groups in total. The first-order valence-corrected chi connectivity index (χ1v) is 9.07. The maximum atomic E-state index is 12.0. The molecule has 4 heteroatoms. The minimum Gasteiger partial charge on any atom is -0.348 e. The number of ketones is 1. The first-order chi connectivity index (χ1) is 9.97. The summed E-state index contributed by atoms with van der Waals surface area (Å²) in [7, 11) is 0. The minimum atomic E-state index is 0.242. The zero-order chi connectivity index (χ0) is 15.4. The van der Waals surface area contributed by atoms with Crippen molar-refractivity contribution in [1.82, 2.24) is 4.98 Å². The number of fused-ring (bicyclic) bond motifs is 1. The van der Waals surface area contributed by atoms with Gasteiger partial charge in [-0.3, -0.25) is 4.79 Å². The molecule has 0 bridgehead atoms. The summed E-state index contributed by atoms with van der Waals surface area (Å²) >= 11 is 1.74. The van der Waals surface area contributed by atoms with Gasteiger partial charge in [0.05, 0.1) is 0 Å². The number of aromatic nitrogens is 1. The molecule has 0 radical (unpaired) electrons. The molecule has 0 aliphatic heterocycles. The molecule has 0 fully saturated rings. The van der Waals surface area contributed by atoms with Crippen LogP contribution < -0.4 is 4.90 Å². The second kappa shape index (κ2) is 7.39. The molecule has 0 aromatic carbocycles. The van der Waals surface area contributed by atoms with Crippen molar-refractivity contribution in [2.24, 2.45) is 11.8 Å². The fourth-order valence-electron chi connectivity index (χ4n) is 2.52. The van der Waals surface area contributed by atoms with E-state index in [2.05, 4.69) is 37.6 Å².